The van der Waals surface area contributed by atoms with Crippen molar-refractivity contribution in [1.82, 2.24) is 15.6 Å². The van der Waals surface area contributed by atoms with Crippen molar-refractivity contribution in [2.24, 2.45) is 0 Å². The molecule has 20 heavy (non-hydrogen) atoms. The minimum absolute atomic E-state index is 0. The molecule has 0 spiro atoms. The van der Waals surface area contributed by atoms with Gasteiger partial charge >= 0.3 is 0 Å². The lowest BCUT2D eigenvalue weighted by Crippen LogP contribution is -2.45. The fraction of sp³-hybridized carbons (Fsp3) is 0.714. The topological polar surface area (TPSA) is 54.0 Å². The number of piperidine rings is 1. The standard InChI is InChI=1S/C14H23N3OS.ClH/c1-9-11(19-13(16-9)14(2,3)4)12(18)17-10-6-5-7-15-8-10;/h10,15H,5-8H2,1-4H3,(H,17,18);1H/t10-;/m0./s1. The first kappa shape index (κ1) is 17.4. The second-order valence-electron chi connectivity index (χ2n) is 6.20. The molecule has 1 aromatic heterocycles. The Kier molecular flexibility index (Phi) is 5.98. The van der Waals surface area contributed by atoms with Crippen LogP contribution in [0.5, 0.6) is 0 Å². The molecular formula is C14H24ClN3OS. The van der Waals surface area contributed by atoms with E-state index < -0.39 is 0 Å². The van der Waals surface area contributed by atoms with E-state index in [1.807, 2.05) is 6.92 Å². The number of nitrogens with zero attached hydrogens (tertiary/aromatic N) is 1. The quantitative estimate of drug-likeness (QED) is 0.881. The maximum atomic E-state index is 12.3. The van der Waals surface area contributed by atoms with Crippen LogP contribution in [0, 0.1) is 6.92 Å². The first-order valence-corrected chi connectivity index (χ1v) is 7.69. The summed E-state index contributed by atoms with van der Waals surface area (Å²) in [6.45, 7) is 10.2. The van der Waals surface area contributed by atoms with Gasteiger partial charge in [0.15, 0.2) is 0 Å². The van der Waals surface area contributed by atoms with Crippen molar-refractivity contribution in [1.29, 1.82) is 0 Å². The molecule has 2 N–H and O–H groups in total. The Morgan fingerprint density at radius 1 is 1.45 bits per heavy atom. The van der Waals surface area contributed by atoms with E-state index >= 15 is 0 Å². The van der Waals surface area contributed by atoms with Crippen LogP contribution >= 0.6 is 23.7 Å². The summed E-state index contributed by atoms with van der Waals surface area (Å²) in [5.74, 6) is 0.0270. The highest BCUT2D eigenvalue weighted by atomic mass is 35.5. The summed E-state index contributed by atoms with van der Waals surface area (Å²) < 4.78 is 0. The zero-order valence-corrected chi connectivity index (χ0v) is 14.2. The third kappa shape index (κ3) is 4.17. The fourth-order valence-corrected chi connectivity index (χ4v) is 3.18. The Morgan fingerprint density at radius 3 is 2.65 bits per heavy atom. The minimum Gasteiger partial charge on any atom is -0.347 e. The van der Waals surface area contributed by atoms with Crippen LogP contribution < -0.4 is 10.6 Å². The molecule has 114 valence electrons. The third-order valence-electron chi connectivity index (χ3n) is 3.28. The van der Waals surface area contributed by atoms with Crippen LogP contribution in [0.15, 0.2) is 0 Å². The molecule has 0 radical (unpaired) electrons. The molecule has 4 nitrogen and oxygen atoms in total. The third-order valence-corrected chi connectivity index (χ3v) is 4.86. The van der Waals surface area contributed by atoms with Gasteiger partial charge in [-0.2, -0.15) is 0 Å². The summed E-state index contributed by atoms with van der Waals surface area (Å²) in [6, 6.07) is 0.251. The number of rotatable bonds is 2. The molecule has 1 atom stereocenters. The van der Waals surface area contributed by atoms with Crippen LogP contribution in [0.4, 0.5) is 0 Å². The van der Waals surface area contributed by atoms with Crippen LogP contribution in [0.3, 0.4) is 0 Å². The largest absolute Gasteiger partial charge is 0.347 e. The number of carbonyl (C=O) groups excluding carboxylic acids is 1. The molecule has 0 saturated carbocycles. The molecule has 1 aliphatic heterocycles. The Bertz CT molecular complexity index is 461. The number of halogens is 1. The number of aryl methyl sites for hydroxylation is 1. The number of hydrogen-bond acceptors (Lipinski definition) is 4. The smallest absolute Gasteiger partial charge is 0.263 e. The van der Waals surface area contributed by atoms with Gasteiger partial charge in [-0.1, -0.05) is 20.8 Å². The molecule has 0 aliphatic carbocycles. The number of thiazole rings is 1. The van der Waals surface area contributed by atoms with Gasteiger partial charge in [-0.15, -0.1) is 23.7 Å². The van der Waals surface area contributed by atoms with Crippen molar-refractivity contribution in [3.63, 3.8) is 0 Å². The van der Waals surface area contributed by atoms with Gasteiger partial charge in [0, 0.05) is 18.0 Å². The van der Waals surface area contributed by atoms with Crippen molar-refractivity contribution in [2.75, 3.05) is 13.1 Å². The van der Waals surface area contributed by atoms with Gasteiger partial charge in [-0.25, -0.2) is 4.98 Å². The molecule has 1 aliphatic rings. The van der Waals surface area contributed by atoms with E-state index in [1.165, 1.54) is 11.3 Å². The average Bonchev–Trinajstić information content (AvgIpc) is 2.72. The minimum atomic E-state index is 0. The van der Waals surface area contributed by atoms with Gasteiger partial charge in [0.1, 0.15) is 4.88 Å². The normalized spacial score (nSPS) is 19.3. The van der Waals surface area contributed by atoms with E-state index in [0.717, 1.165) is 41.5 Å². The second kappa shape index (κ2) is 6.87. The number of amides is 1. The van der Waals surface area contributed by atoms with Crippen LogP contribution in [0.1, 0.15) is 54.0 Å². The second-order valence-corrected chi connectivity index (χ2v) is 7.20. The Balaban J connectivity index is 0.00000200. The summed E-state index contributed by atoms with van der Waals surface area (Å²) in [5, 5.41) is 7.44. The Hall–Kier alpha value is -0.650. The van der Waals surface area contributed by atoms with E-state index in [4.69, 9.17) is 0 Å². The van der Waals surface area contributed by atoms with Crippen LogP contribution in [0.2, 0.25) is 0 Å². The van der Waals surface area contributed by atoms with Gasteiger partial charge in [0.25, 0.3) is 5.91 Å². The molecular weight excluding hydrogens is 294 g/mol. The molecule has 0 aromatic carbocycles. The summed E-state index contributed by atoms with van der Waals surface area (Å²) in [7, 11) is 0. The highest BCUT2D eigenvalue weighted by Gasteiger charge is 2.24. The molecule has 0 unspecified atom stereocenters. The number of nitrogens with one attached hydrogen (secondary N) is 2. The van der Waals surface area contributed by atoms with E-state index in [1.54, 1.807) is 0 Å². The predicted octanol–water partition coefficient (Wildman–Crippen LogP) is 2.65. The lowest BCUT2D eigenvalue weighted by atomic mass is 9.98. The maximum absolute atomic E-state index is 12.3. The van der Waals surface area contributed by atoms with Gasteiger partial charge in [0.05, 0.1) is 10.7 Å². The van der Waals surface area contributed by atoms with Gasteiger partial charge in [-0.05, 0) is 26.3 Å². The van der Waals surface area contributed by atoms with Gasteiger partial charge in [0.2, 0.25) is 0 Å². The van der Waals surface area contributed by atoms with Crippen molar-refractivity contribution in [2.45, 2.75) is 52.0 Å². The summed E-state index contributed by atoms with van der Waals surface area (Å²) in [4.78, 5) is 17.6. The van der Waals surface area contributed by atoms with Crippen molar-refractivity contribution in [3.05, 3.63) is 15.6 Å². The molecule has 1 fully saturated rings. The fourth-order valence-electron chi connectivity index (χ4n) is 2.15. The molecule has 0 bridgehead atoms. The molecule has 1 saturated heterocycles. The van der Waals surface area contributed by atoms with Gasteiger partial charge in [-0.3, -0.25) is 4.79 Å². The Labute approximate surface area is 131 Å². The molecule has 2 heterocycles. The van der Waals surface area contributed by atoms with E-state index in [9.17, 15) is 4.79 Å². The predicted molar refractivity (Wildman–Crippen MR) is 86.2 cm³/mol. The average molecular weight is 318 g/mol. The number of hydrogen-bond donors (Lipinski definition) is 2. The van der Waals surface area contributed by atoms with E-state index in [0.29, 0.717) is 0 Å². The number of carbonyl (C=O) groups is 1. The SMILES string of the molecule is Cc1nc(C(C)(C)C)sc1C(=O)N[C@H]1CCCNC1.Cl. The summed E-state index contributed by atoms with van der Waals surface area (Å²) in [6.07, 6.45) is 2.18. The van der Waals surface area contributed by atoms with Crippen molar-refractivity contribution < 1.29 is 4.79 Å². The Morgan fingerprint density at radius 2 is 2.15 bits per heavy atom. The summed E-state index contributed by atoms with van der Waals surface area (Å²) >= 11 is 1.52. The van der Waals surface area contributed by atoms with E-state index in [-0.39, 0.29) is 29.8 Å². The summed E-state index contributed by atoms with van der Waals surface area (Å²) in [5.41, 5.74) is 0.844. The molecule has 2 rings (SSSR count). The lowest BCUT2D eigenvalue weighted by Gasteiger charge is -2.23. The monoisotopic (exact) mass is 317 g/mol. The first-order chi connectivity index (χ1) is 8.88. The molecule has 1 amide bonds. The lowest BCUT2D eigenvalue weighted by molar-refractivity contribution is 0.0934. The first-order valence-electron chi connectivity index (χ1n) is 6.87. The van der Waals surface area contributed by atoms with Crippen LogP contribution in [0.25, 0.3) is 0 Å². The highest BCUT2D eigenvalue weighted by molar-refractivity contribution is 7.14. The van der Waals surface area contributed by atoms with Crippen molar-refractivity contribution >= 4 is 29.7 Å². The number of aromatic nitrogens is 1. The zero-order valence-electron chi connectivity index (χ0n) is 12.6. The highest BCUT2D eigenvalue weighted by Crippen LogP contribution is 2.29. The van der Waals surface area contributed by atoms with E-state index in [2.05, 4.69) is 36.4 Å². The molecule has 6 heteroatoms. The molecule has 1 aromatic rings. The van der Waals surface area contributed by atoms with Crippen molar-refractivity contribution in [3.8, 4) is 0 Å². The zero-order chi connectivity index (χ0) is 14.0. The van der Waals surface area contributed by atoms with Gasteiger partial charge < -0.3 is 10.6 Å². The van der Waals surface area contributed by atoms with Crippen LogP contribution in [-0.2, 0) is 5.41 Å². The van der Waals surface area contributed by atoms with Crippen LogP contribution in [-0.4, -0.2) is 30.0 Å². The maximum Gasteiger partial charge on any atom is 0.263 e.